The molecular formula is C18H20N4S. The Morgan fingerprint density at radius 2 is 2.22 bits per heavy atom. The lowest BCUT2D eigenvalue weighted by molar-refractivity contribution is 0.246. The van der Waals surface area contributed by atoms with Crippen LogP contribution in [0.2, 0.25) is 0 Å². The Labute approximate surface area is 140 Å². The zero-order valence-electron chi connectivity index (χ0n) is 13.2. The number of hydrogen-bond acceptors (Lipinski definition) is 4. The van der Waals surface area contributed by atoms with Gasteiger partial charge in [0.25, 0.3) is 0 Å². The van der Waals surface area contributed by atoms with E-state index in [0.29, 0.717) is 6.04 Å². The number of imidazole rings is 1. The predicted octanol–water partition coefficient (Wildman–Crippen LogP) is 3.97. The molecule has 0 unspecified atom stereocenters. The fourth-order valence-corrected chi connectivity index (χ4v) is 4.06. The first-order valence-corrected chi connectivity index (χ1v) is 8.93. The summed E-state index contributed by atoms with van der Waals surface area (Å²) >= 11 is 1.84. The van der Waals surface area contributed by atoms with Gasteiger partial charge in [0.2, 0.25) is 0 Å². The van der Waals surface area contributed by atoms with Crippen LogP contribution in [0.5, 0.6) is 0 Å². The van der Waals surface area contributed by atoms with Crippen LogP contribution in [0, 0.1) is 6.92 Å². The Bertz CT molecular complexity index is 778. The first kappa shape index (κ1) is 14.6. The highest BCUT2D eigenvalue weighted by atomic mass is 32.1. The standard InChI is InChI=1S/C18H20N4S/c1-14-19-9-11-22(14)18-8-2-6-16(20-18)17-7-3-10-21(17)13-15-5-4-12-23-15/h2,4-6,8-9,11-12,17H,3,7,10,13H2,1H3/t17-/m1/s1. The molecule has 118 valence electrons. The Hall–Kier alpha value is -1.98. The molecule has 0 N–H and O–H groups in total. The summed E-state index contributed by atoms with van der Waals surface area (Å²) < 4.78 is 2.04. The third-order valence-corrected chi connectivity index (χ3v) is 5.33. The minimum atomic E-state index is 0.417. The van der Waals surface area contributed by atoms with Crippen LogP contribution in [0.1, 0.15) is 35.3 Å². The molecule has 4 rings (SSSR count). The predicted molar refractivity (Wildman–Crippen MR) is 92.8 cm³/mol. The highest BCUT2D eigenvalue weighted by molar-refractivity contribution is 7.09. The highest BCUT2D eigenvalue weighted by Gasteiger charge is 2.27. The van der Waals surface area contributed by atoms with Crippen molar-refractivity contribution in [2.75, 3.05) is 6.54 Å². The summed E-state index contributed by atoms with van der Waals surface area (Å²) in [7, 11) is 0. The maximum absolute atomic E-state index is 4.92. The summed E-state index contributed by atoms with van der Waals surface area (Å²) in [5, 5.41) is 2.15. The van der Waals surface area contributed by atoms with E-state index >= 15 is 0 Å². The van der Waals surface area contributed by atoms with Crippen molar-refractivity contribution in [3.63, 3.8) is 0 Å². The van der Waals surface area contributed by atoms with E-state index in [-0.39, 0.29) is 0 Å². The molecule has 0 spiro atoms. The van der Waals surface area contributed by atoms with Crippen molar-refractivity contribution in [1.82, 2.24) is 19.4 Å². The lowest BCUT2D eigenvalue weighted by Crippen LogP contribution is -2.23. The van der Waals surface area contributed by atoms with Gasteiger partial charge in [-0.15, -0.1) is 11.3 Å². The summed E-state index contributed by atoms with van der Waals surface area (Å²) in [6.07, 6.45) is 6.22. The van der Waals surface area contributed by atoms with E-state index in [1.807, 2.05) is 35.2 Å². The molecule has 0 radical (unpaired) electrons. The molecule has 0 saturated carbocycles. The lowest BCUT2D eigenvalue weighted by atomic mass is 10.1. The van der Waals surface area contributed by atoms with Gasteiger partial charge >= 0.3 is 0 Å². The molecule has 4 heterocycles. The number of thiophene rings is 1. The van der Waals surface area contributed by atoms with Crippen LogP contribution in [0.3, 0.4) is 0 Å². The van der Waals surface area contributed by atoms with Crippen LogP contribution in [-0.2, 0) is 6.54 Å². The molecule has 1 atom stereocenters. The van der Waals surface area contributed by atoms with E-state index in [2.05, 4.69) is 45.6 Å². The van der Waals surface area contributed by atoms with Gasteiger partial charge in [-0.25, -0.2) is 9.97 Å². The van der Waals surface area contributed by atoms with Crippen molar-refractivity contribution in [1.29, 1.82) is 0 Å². The molecule has 0 amide bonds. The van der Waals surface area contributed by atoms with E-state index in [4.69, 9.17) is 4.98 Å². The van der Waals surface area contributed by atoms with E-state index in [1.54, 1.807) is 0 Å². The smallest absolute Gasteiger partial charge is 0.138 e. The highest BCUT2D eigenvalue weighted by Crippen LogP contribution is 2.33. The minimum absolute atomic E-state index is 0.417. The number of pyridine rings is 1. The Kier molecular flexibility index (Phi) is 3.97. The average Bonchev–Trinajstić information content (AvgIpc) is 3.30. The van der Waals surface area contributed by atoms with Gasteiger partial charge in [0.1, 0.15) is 11.6 Å². The second kappa shape index (κ2) is 6.26. The number of likely N-dealkylation sites (tertiary alicyclic amines) is 1. The molecule has 1 saturated heterocycles. The molecule has 3 aromatic rings. The van der Waals surface area contributed by atoms with E-state index in [1.165, 1.54) is 23.4 Å². The number of rotatable bonds is 4. The van der Waals surface area contributed by atoms with Crippen LogP contribution >= 0.6 is 11.3 Å². The van der Waals surface area contributed by atoms with Gasteiger partial charge in [0, 0.05) is 23.8 Å². The molecule has 5 heteroatoms. The molecule has 0 bridgehead atoms. The minimum Gasteiger partial charge on any atom is -0.290 e. The second-order valence-electron chi connectivity index (χ2n) is 5.97. The van der Waals surface area contributed by atoms with Crippen molar-refractivity contribution in [3.8, 4) is 5.82 Å². The molecule has 0 aliphatic carbocycles. The van der Waals surface area contributed by atoms with Crippen molar-refractivity contribution in [2.24, 2.45) is 0 Å². The van der Waals surface area contributed by atoms with Crippen LogP contribution in [0.25, 0.3) is 5.82 Å². The Balaban J connectivity index is 1.60. The molecule has 3 aromatic heterocycles. The topological polar surface area (TPSA) is 34.0 Å². The molecule has 1 aliphatic heterocycles. The van der Waals surface area contributed by atoms with E-state index in [0.717, 1.165) is 24.7 Å². The van der Waals surface area contributed by atoms with E-state index in [9.17, 15) is 0 Å². The molecular weight excluding hydrogens is 304 g/mol. The third-order valence-electron chi connectivity index (χ3n) is 4.47. The van der Waals surface area contributed by atoms with Gasteiger partial charge in [0.15, 0.2) is 0 Å². The van der Waals surface area contributed by atoms with Crippen molar-refractivity contribution in [2.45, 2.75) is 32.4 Å². The fourth-order valence-electron chi connectivity index (χ4n) is 3.33. The Morgan fingerprint density at radius 1 is 1.26 bits per heavy atom. The van der Waals surface area contributed by atoms with Crippen LogP contribution in [-0.4, -0.2) is 26.0 Å². The lowest BCUT2D eigenvalue weighted by Gasteiger charge is -2.23. The third kappa shape index (κ3) is 2.94. The first-order valence-electron chi connectivity index (χ1n) is 8.05. The van der Waals surface area contributed by atoms with Gasteiger partial charge in [-0.05, 0) is 49.9 Å². The zero-order chi connectivity index (χ0) is 15.6. The summed E-state index contributed by atoms with van der Waals surface area (Å²) in [5.41, 5.74) is 1.17. The summed E-state index contributed by atoms with van der Waals surface area (Å²) in [6, 6.07) is 11.1. The SMILES string of the molecule is Cc1nccn1-c1cccc([C@H]2CCCN2Cc2cccs2)n1. The summed E-state index contributed by atoms with van der Waals surface area (Å²) in [6.45, 7) is 4.18. The number of nitrogens with zero attached hydrogens (tertiary/aromatic N) is 4. The number of hydrogen-bond donors (Lipinski definition) is 0. The maximum atomic E-state index is 4.92. The van der Waals surface area contributed by atoms with Gasteiger partial charge < -0.3 is 0 Å². The fraction of sp³-hybridized carbons (Fsp3) is 0.333. The number of aryl methyl sites for hydroxylation is 1. The van der Waals surface area contributed by atoms with Crippen LogP contribution < -0.4 is 0 Å². The first-order chi connectivity index (χ1) is 11.3. The van der Waals surface area contributed by atoms with Crippen molar-refractivity contribution in [3.05, 3.63) is 64.5 Å². The largest absolute Gasteiger partial charge is 0.290 e. The van der Waals surface area contributed by atoms with Gasteiger partial charge in [-0.1, -0.05) is 12.1 Å². The van der Waals surface area contributed by atoms with Crippen LogP contribution in [0.15, 0.2) is 48.1 Å². The van der Waals surface area contributed by atoms with Crippen molar-refractivity contribution < 1.29 is 0 Å². The van der Waals surface area contributed by atoms with Gasteiger partial charge in [-0.2, -0.15) is 0 Å². The Morgan fingerprint density at radius 3 is 3.00 bits per heavy atom. The van der Waals surface area contributed by atoms with Crippen LogP contribution in [0.4, 0.5) is 0 Å². The molecule has 0 aromatic carbocycles. The number of aromatic nitrogens is 3. The summed E-state index contributed by atoms with van der Waals surface area (Å²) in [4.78, 5) is 13.2. The normalized spacial score (nSPS) is 18.6. The molecule has 23 heavy (non-hydrogen) atoms. The zero-order valence-corrected chi connectivity index (χ0v) is 14.0. The summed E-state index contributed by atoms with van der Waals surface area (Å²) in [5.74, 6) is 1.93. The van der Waals surface area contributed by atoms with Crippen molar-refractivity contribution >= 4 is 11.3 Å². The monoisotopic (exact) mass is 324 g/mol. The average molecular weight is 324 g/mol. The molecule has 1 fully saturated rings. The second-order valence-corrected chi connectivity index (χ2v) is 7.01. The molecule has 1 aliphatic rings. The maximum Gasteiger partial charge on any atom is 0.138 e. The quantitative estimate of drug-likeness (QED) is 0.728. The van der Waals surface area contributed by atoms with E-state index < -0.39 is 0 Å². The molecule has 4 nitrogen and oxygen atoms in total. The van der Waals surface area contributed by atoms with Gasteiger partial charge in [0.05, 0.1) is 11.7 Å². The van der Waals surface area contributed by atoms with Gasteiger partial charge in [-0.3, -0.25) is 9.47 Å².